The molecule has 2 fully saturated rings. The first-order chi connectivity index (χ1) is 9.81. The second kappa shape index (κ2) is 6.49. The maximum absolute atomic E-state index is 5.63. The van der Waals surface area contributed by atoms with E-state index in [1.807, 2.05) is 0 Å². The van der Waals surface area contributed by atoms with Crippen molar-refractivity contribution in [1.29, 1.82) is 0 Å². The maximum atomic E-state index is 5.63. The topological polar surface area (TPSA) is 24.5 Å². The van der Waals surface area contributed by atoms with Gasteiger partial charge in [-0.25, -0.2) is 0 Å². The van der Waals surface area contributed by atoms with Gasteiger partial charge in [0.25, 0.3) is 0 Å². The number of benzene rings is 1. The second-order valence-electron chi connectivity index (χ2n) is 6.26. The molecular formula is C17H26N2O. The molecule has 0 aromatic heterocycles. The average molecular weight is 274 g/mol. The number of nitrogens with zero attached hydrogens (tertiary/aromatic N) is 1. The molecule has 110 valence electrons. The standard InChI is InChI=1S/C17H26N2O/c1-14-4-2-10-19(13-14)16-8-6-15(7-9-16)18-12-17-5-3-11-20-17/h6-9,14,17-18H,2-5,10-13H2,1H3. The van der Waals surface area contributed by atoms with E-state index in [4.69, 9.17) is 4.74 Å². The largest absolute Gasteiger partial charge is 0.382 e. The van der Waals surface area contributed by atoms with E-state index in [1.54, 1.807) is 0 Å². The van der Waals surface area contributed by atoms with Crippen LogP contribution in [0.2, 0.25) is 0 Å². The third-order valence-electron chi connectivity index (χ3n) is 4.45. The van der Waals surface area contributed by atoms with Crippen molar-refractivity contribution in [2.45, 2.75) is 38.7 Å². The highest BCUT2D eigenvalue weighted by Gasteiger charge is 2.17. The molecule has 0 bridgehead atoms. The Hall–Kier alpha value is -1.22. The molecule has 3 heteroatoms. The number of ether oxygens (including phenoxy) is 1. The predicted molar refractivity (Wildman–Crippen MR) is 84.5 cm³/mol. The zero-order valence-corrected chi connectivity index (χ0v) is 12.5. The lowest BCUT2D eigenvalue weighted by atomic mass is 10.00. The summed E-state index contributed by atoms with van der Waals surface area (Å²) < 4.78 is 5.63. The SMILES string of the molecule is CC1CCCN(c2ccc(NCC3CCCO3)cc2)C1. The van der Waals surface area contributed by atoms with Gasteiger partial charge in [-0.1, -0.05) is 6.92 Å². The van der Waals surface area contributed by atoms with Gasteiger partial charge in [-0.3, -0.25) is 0 Å². The van der Waals surface area contributed by atoms with Crippen molar-refractivity contribution < 1.29 is 4.74 Å². The van der Waals surface area contributed by atoms with Crippen LogP contribution in [0.5, 0.6) is 0 Å². The molecule has 20 heavy (non-hydrogen) atoms. The van der Waals surface area contributed by atoms with E-state index in [9.17, 15) is 0 Å². The number of rotatable bonds is 4. The summed E-state index contributed by atoms with van der Waals surface area (Å²) in [6.07, 6.45) is 5.49. The van der Waals surface area contributed by atoms with Crippen molar-refractivity contribution in [3.8, 4) is 0 Å². The Kier molecular flexibility index (Phi) is 4.46. The Morgan fingerprint density at radius 1 is 1.20 bits per heavy atom. The minimum atomic E-state index is 0.401. The number of hydrogen-bond acceptors (Lipinski definition) is 3. The fourth-order valence-electron chi connectivity index (χ4n) is 3.25. The number of piperidine rings is 1. The highest BCUT2D eigenvalue weighted by molar-refractivity contribution is 5.55. The van der Waals surface area contributed by atoms with Crippen LogP contribution in [0, 0.1) is 5.92 Å². The van der Waals surface area contributed by atoms with E-state index in [0.29, 0.717) is 6.10 Å². The number of anilines is 2. The molecule has 0 saturated carbocycles. The first-order valence-electron chi connectivity index (χ1n) is 8.02. The first-order valence-corrected chi connectivity index (χ1v) is 8.02. The Bertz CT molecular complexity index is 412. The third-order valence-corrected chi connectivity index (χ3v) is 4.45. The van der Waals surface area contributed by atoms with Crippen LogP contribution in [0.4, 0.5) is 11.4 Å². The predicted octanol–water partition coefficient (Wildman–Crippen LogP) is 3.51. The fourth-order valence-corrected chi connectivity index (χ4v) is 3.25. The van der Waals surface area contributed by atoms with Gasteiger partial charge in [0.05, 0.1) is 6.10 Å². The van der Waals surface area contributed by atoms with E-state index in [2.05, 4.69) is 41.4 Å². The van der Waals surface area contributed by atoms with Crippen LogP contribution in [-0.2, 0) is 4.74 Å². The molecule has 2 aliphatic heterocycles. The normalized spacial score (nSPS) is 26.8. The average Bonchev–Trinajstić information content (AvgIpc) is 2.99. The minimum absolute atomic E-state index is 0.401. The van der Waals surface area contributed by atoms with Crippen molar-refractivity contribution >= 4 is 11.4 Å². The molecule has 2 unspecified atom stereocenters. The van der Waals surface area contributed by atoms with Crippen LogP contribution in [0.15, 0.2) is 24.3 Å². The molecule has 0 aliphatic carbocycles. The van der Waals surface area contributed by atoms with Gasteiger partial charge in [0.15, 0.2) is 0 Å². The van der Waals surface area contributed by atoms with Crippen LogP contribution < -0.4 is 10.2 Å². The van der Waals surface area contributed by atoms with Crippen molar-refractivity contribution in [3.63, 3.8) is 0 Å². The summed E-state index contributed by atoms with van der Waals surface area (Å²) in [7, 11) is 0. The minimum Gasteiger partial charge on any atom is -0.382 e. The van der Waals surface area contributed by atoms with Gasteiger partial charge in [0, 0.05) is 37.6 Å². The van der Waals surface area contributed by atoms with Gasteiger partial charge in [0.1, 0.15) is 0 Å². The molecule has 0 amide bonds. The van der Waals surface area contributed by atoms with Crippen LogP contribution in [0.1, 0.15) is 32.6 Å². The van der Waals surface area contributed by atoms with Gasteiger partial charge in [-0.05, 0) is 55.9 Å². The molecule has 2 aliphatic rings. The maximum Gasteiger partial charge on any atom is 0.0748 e. The number of hydrogen-bond donors (Lipinski definition) is 1. The van der Waals surface area contributed by atoms with Crippen molar-refractivity contribution in [1.82, 2.24) is 0 Å². The lowest BCUT2D eigenvalue weighted by Crippen LogP contribution is -2.34. The number of nitrogens with one attached hydrogen (secondary N) is 1. The quantitative estimate of drug-likeness (QED) is 0.909. The Morgan fingerprint density at radius 2 is 2.05 bits per heavy atom. The Morgan fingerprint density at radius 3 is 2.75 bits per heavy atom. The van der Waals surface area contributed by atoms with Crippen LogP contribution in [0.25, 0.3) is 0 Å². The molecular weight excluding hydrogens is 248 g/mol. The van der Waals surface area contributed by atoms with Crippen molar-refractivity contribution in [2.24, 2.45) is 5.92 Å². The molecule has 3 nitrogen and oxygen atoms in total. The van der Waals surface area contributed by atoms with Crippen molar-refractivity contribution in [2.75, 3.05) is 36.5 Å². The van der Waals surface area contributed by atoms with Gasteiger partial charge < -0.3 is 15.0 Å². The van der Waals surface area contributed by atoms with Gasteiger partial charge in [-0.2, -0.15) is 0 Å². The van der Waals surface area contributed by atoms with E-state index in [0.717, 1.165) is 19.1 Å². The van der Waals surface area contributed by atoms with Gasteiger partial charge >= 0.3 is 0 Å². The molecule has 0 radical (unpaired) electrons. The lowest BCUT2D eigenvalue weighted by Gasteiger charge is -2.32. The molecule has 2 saturated heterocycles. The van der Waals surface area contributed by atoms with Gasteiger partial charge in [-0.15, -0.1) is 0 Å². The smallest absolute Gasteiger partial charge is 0.0748 e. The summed E-state index contributed by atoms with van der Waals surface area (Å²) in [5, 5.41) is 3.48. The lowest BCUT2D eigenvalue weighted by molar-refractivity contribution is 0.120. The van der Waals surface area contributed by atoms with Gasteiger partial charge in [0.2, 0.25) is 0 Å². The molecule has 2 atom stereocenters. The monoisotopic (exact) mass is 274 g/mol. The van der Waals surface area contributed by atoms with E-state index in [1.165, 1.54) is 50.1 Å². The molecule has 1 N–H and O–H groups in total. The zero-order valence-electron chi connectivity index (χ0n) is 12.5. The summed E-state index contributed by atoms with van der Waals surface area (Å²) >= 11 is 0. The summed E-state index contributed by atoms with van der Waals surface area (Å²) in [5.74, 6) is 0.820. The van der Waals surface area contributed by atoms with E-state index >= 15 is 0 Å². The first kappa shape index (κ1) is 13.7. The van der Waals surface area contributed by atoms with Crippen molar-refractivity contribution in [3.05, 3.63) is 24.3 Å². The Balaban J connectivity index is 1.53. The van der Waals surface area contributed by atoms with E-state index in [-0.39, 0.29) is 0 Å². The Labute approximate surface area is 122 Å². The molecule has 1 aromatic rings. The zero-order chi connectivity index (χ0) is 13.8. The summed E-state index contributed by atoms with van der Waals surface area (Å²) in [6, 6.07) is 8.89. The third kappa shape index (κ3) is 3.45. The highest BCUT2D eigenvalue weighted by Crippen LogP contribution is 2.24. The van der Waals surface area contributed by atoms with E-state index < -0.39 is 0 Å². The molecule has 3 rings (SSSR count). The molecule has 0 spiro atoms. The molecule has 2 heterocycles. The fraction of sp³-hybridized carbons (Fsp3) is 0.647. The second-order valence-corrected chi connectivity index (χ2v) is 6.26. The van der Waals surface area contributed by atoms with Crippen LogP contribution in [-0.4, -0.2) is 32.3 Å². The van der Waals surface area contributed by atoms with Crippen LogP contribution in [0.3, 0.4) is 0 Å². The summed E-state index contributed by atoms with van der Waals surface area (Å²) in [4.78, 5) is 2.51. The summed E-state index contributed by atoms with van der Waals surface area (Å²) in [6.45, 7) is 6.61. The highest BCUT2D eigenvalue weighted by atomic mass is 16.5. The molecule has 1 aromatic carbocycles. The summed E-state index contributed by atoms with van der Waals surface area (Å²) in [5.41, 5.74) is 2.56. The van der Waals surface area contributed by atoms with Crippen LogP contribution >= 0.6 is 0 Å².